The van der Waals surface area contributed by atoms with E-state index in [1.54, 1.807) is 6.07 Å². The maximum Gasteiger partial charge on any atom is 0.262 e. The molecule has 3 atom stereocenters. The zero-order chi connectivity index (χ0) is 18.4. The monoisotopic (exact) mass is 371 g/mol. The second-order valence-corrected chi connectivity index (χ2v) is 7.73. The largest absolute Gasteiger partial charge is 0.351 e. The number of carbonyl (C=O) groups excluding carboxylic acids is 2. The van der Waals surface area contributed by atoms with Crippen LogP contribution in [-0.4, -0.2) is 37.0 Å². The number of rotatable bonds is 6. The lowest BCUT2D eigenvalue weighted by molar-refractivity contribution is -0.124. The number of thiophene rings is 1. The normalized spacial score (nSPS) is 21.0. The molecule has 3 N–H and O–H groups in total. The molecule has 0 bridgehead atoms. The molecule has 1 aromatic heterocycles. The highest BCUT2D eigenvalue weighted by Crippen LogP contribution is 2.13. The lowest BCUT2D eigenvalue weighted by atomic mass is 9.94. The van der Waals surface area contributed by atoms with Crippen LogP contribution in [0.2, 0.25) is 0 Å². The van der Waals surface area contributed by atoms with E-state index in [9.17, 15) is 9.59 Å². The van der Waals surface area contributed by atoms with E-state index in [0.29, 0.717) is 17.2 Å². The summed E-state index contributed by atoms with van der Waals surface area (Å²) in [6.45, 7) is 3.93. The number of carbonyl (C=O) groups is 2. The van der Waals surface area contributed by atoms with Crippen molar-refractivity contribution in [1.29, 1.82) is 0 Å². The average molecular weight is 372 g/mol. The summed E-state index contributed by atoms with van der Waals surface area (Å²) in [5.41, 5.74) is 1.03. The number of nitrogens with one attached hydrogen (secondary N) is 3. The Morgan fingerprint density at radius 1 is 1.23 bits per heavy atom. The van der Waals surface area contributed by atoms with Gasteiger partial charge in [-0.1, -0.05) is 43.3 Å². The Hall–Kier alpha value is -2.18. The van der Waals surface area contributed by atoms with Gasteiger partial charge in [-0.15, -0.1) is 11.3 Å². The van der Waals surface area contributed by atoms with Crippen LogP contribution in [0, 0.1) is 5.92 Å². The van der Waals surface area contributed by atoms with Gasteiger partial charge in [0.1, 0.15) is 6.04 Å². The molecule has 2 heterocycles. The molecule has 1 aromatic carbocycles. The summed E-state index contributed by atoms with van der Waals surface area (Å²) in [6, 6.07) is 12.9. The van der Waals surface area contributed by atoms with Gasteiger partial charge < -0.3 is 16.0 Å². The number of amides is 2. The second-order valence-electron chi connectivity index (χ2n) is 6.78. The molecule has 3 rings (SSSR count). The van der Waals surface area contributed by atoms with Crippen LogP contribution in [0.1, 0.15) is 28.6 Å². The first-order valence-electron chi connectivity index (χ1n) is 9.03. The van der Waals surface area contributed by atoms with Crippen LogP contribution in [0.4, 0.5) is 0 Å². The fraction of sp³-hybridized carbons (Fsp3) is 0.400. The second kappa shape index (κ2) is 8.96. The summed E-state index contributed by atoms with van der Waals surface area (Å²) in [5, 5.41) is 11.3. The van der Waals surface area contributed by atoms with Gasteiger partial charge in [0.25, 0.3) is 5.91 Å². The van der Waals surface area contributed by atoms with E-state index in [2.05, 4.69) is 22.9 Å². The van der Waals surface area contributed by atoms with Gasteiger partial charge >= 0.3 is 0 Å². The fourth-order valence-corrected chi connectivity index (χ4v) is 3.83. The van der Waals surface area contributed by atoms with Gasteiger partial charge in [-0.25, -0.2) is 0 Å². The Kier molecular flexibility index (Phi) is 6.41. The third-order valence-electron chi connectivity index (χ3n) is 4.76. The van der Waals surface area contributed by atoms with Crippen molar-refractivity contribution in [3.8, 4) is 0 Å². The Bertz CT molecular complexity index is 718. The Balaban J connectivity index is 1.70. The zero-order valence-electron chi connectivity index (χ0n) is 14.9. The lowest BCUT2D eigenvalue weighted by Gasteiger charge is -2.31. The van der Waals surface area contributed by atoms with Crippen molar-refractivity contribution in [3.63, 3.8) is 0 Å². The van der Waals surface area contributed by atoms with Crippen molar-refractivity contribution in [2.45, 2.75) is 31.8 Å². The Labute approximate surface area is 158 Å². The number of hydrogen-bond donors (Lipinski definition) is 3. The van der Waals surface area contributed by atoms with E-state index in [1.807, 2.05) is 41.8 Å². The van der Waals surface area contributed by atoms with E-state index < -0.39 is 6.04 Å². The summed E-state index contributed by atoms with van der Waals surface area (Å²) in [5.74, 6) is 0.0602. The molecule has 2 amide bonds. The van der Waals surface area contributed by atoms with Crippen molar-refractivity contribution in [2.75, 3.05) is 13.1 Å². The molecule has 1 aliphatic rings. The van der Waals surface area contributed by atoms with Crippen LogP contribution in [0.3, 0.4) is 0 Å². The number of piperidine rings is 1. The summed E-state index contributed by atoms with van der Waals surface area (Å²) >= 11 is 1.38. The molecule has 1 fully saturated rings. The van der Waals surface area contributed by atoms with Crippen molar-refractivity contribution in [1.82, 2.24) is 16.0 Å². The molecule has 5 nitrogen and oxygen atoms in total. The molecule has 0 aliphatic carbocycles. The molecule has 138 valence electrons. The van der Waals surface area contributed by atoms with Crippen LogP contribution in [0.5, 0.6) is 0 Å². The molecule has 6 heteroatoms. The smallest absolute Gasteiger partial charge is 0.262 e. The summed E-state index contributed by atoms with van der Waals surface area (Å²) in [7, 11) is 0. The van der Waals surface area contributed by atoms with E-state index >= 15 is 0 Å². The van der Waals surface area contributed by atoms with Gasteiger partial charge in [-0.05, 0) is 42.4 Å². The standard InChI is InChI=1S/C20H25N3O2S/c1-14-13-21-10-9-16(14)22-19(24)17(12-15-6-3-2-4-7-15)23-20(25)18-8-5-11-26-18/h2-8,11,14,16-17,21H,9-10,12-13H2,1H3,(H,22,24)(H,23,25). The van der Waals surface area contributed by atoms with Crippen LogP contribution < -0.4 is 16.0 Å². The minimum atomic E-state index is -0.589. The van der Waals surface area contributed by atoms with E-state index in [4.69, 9.17) is 0 Å². The first-order valence-corrected chi connectivity index (χ1v) is 9.91. The molecule has 0 radical (unpaired) electrons. The minimum Gasteiger partial charge on any atom is -0.351 e. The molecule has 2 aromatic rings. The van der Waals surface area contributed by atoms with Gasteiger partial charge in [0, 0.05) is 12.5 Å². The first kappa shape index (κ1) is 18.6. The van der Waals surface area contributed by atoms with Crippen LogP contribution in [-0.2, 0) is 11.2 Å². The zero-order valence-corrected chi connectivity index (χ0v) is 15.7. The quantitative estimate of drug-likeness (QED) is 0.729. The summed E-state index contributed by atoms with van der Waals surface area (Å²) in [6.07, 6.45) is 1.38. The maximum atomic E-state index is 12.9. The van der Waals surface area contributed by atoms with Gasteiger partial charge in [0.2, 0.25) is 5.91 Å². The Morgan fingerprint density at radius 3 is 2.73 bits per heavy atom. The molecular formula is C20H25N3O2S. The lowest BCUT2D eigenvalue weighted by Crippen LogP contribution is -2.54. The van der Waals surface area contributed by atoms with Gasteiger partial charge in [-0.2, -0.15) is 0 Å². The SMILES string of the molecule is CC1CNCCC1NC(=O)C(Cc1ccccc1)NC(=O)c1cccs1. The van der Waals surface area contributed by atoms with E-state index in [0.717, 1.165) is 25.1 Å². The molecule has 26 heavy (non-hydrogen) atoms. The van der Waals surface area contributed by atoms with Crippen molar-refractivity contribution in [3.05, 3.63) is 58.3 Å². The average Bonchev–Trinajstić information content (AvgIpc) is 3.19. The van der Waals surface area contributed by atoms with Gasteiger partial charge in [0.15, 0.2) is 0 Å². The third kappa shape index (κ3) is 4.93. The topological polar surface area (TPSA) is 70.2 Å². The molecule has 0 saturated carbocycles. The molecule has 1 saturated heterocycles. The summed E-state index contributed by atoms with van der Waals surface area (Å²) < 4.78 is 0. The maximum absolute atomic E-state index is 12.9. The van der Waals surface area contributed by atoms with Crippen LogP contribution >= 0.6 is 11.3 Å². The molecule has 0 spiro atoms. The molecule has 1 aliphatic heterocycles. The fourth-order valence-electron chi connectivity index (χ4n) is 3.21. The van der Waals surface area contributed by atoms with Crippen LogP contribution in [0.15, 0.2) is 47.8 Å². The van der Waals surface area contributed by atoms with E-state index in [-0.39, 0.29) is 17.9 Å². The minimum absolute atomic E-state index is 0.113. The van der Waals surface area contributed by atoms with E-state index in [1.165, 1.54) is 11.3 Å². The van der Waals surface area contributed by atoms with Gasteiger partial charge in [0.05, 0.1) is 4.88 Å². The van der Waals surface area contributed by atoms with Gasteiger partial charge in [-0.3, -0.25) is 9.59 Å². The third-order valence-corrected chi connectivity index (χ3v) is 5.63. The highest BCUT2D eigenvalue weighted by molar-refractivity contribution is 7.12. The van der Waals surface area contributed by atoms with Crippen molar-refractivity contribution < 1.29 is 9.59 Å². The number of benzene rings is 1. The molecular weight excluding hydrogens is 346 g/mol. The predicted octanol–water partition coefficient (Wildman–Crippen LogP) is 2.20. The van der Waals surface area contributed by atoms with Crippen LogP contribution in [0.25, 0.3) is 0 Å². The summed E-state index contributed by atoms with van der Waals surface area (Å²) in [4.78, 5) is 26.0. The molecule has 3 unspecified atom stereocenters. The van der Waals surface area contributed by atoms with Crippen molar-refractivity contribution in [2.24, 2.45) is 5.92 Å². The first-order chi connectivity index (χ1) is 12.6. The number of hydrogen-bond acceptors (Lipinski definition) is 4. The predicted molar refractivity (Wildman–Crippen MR) is 104 cm³/mol. The Morgan fingerprint density at radius 2 is 2.04 bits per heavy atom. The highest BCUT2D eigenvalue weighted by atomic mass is 32.1. The van der Waals surface area contributed by atoms with Crippen molar-refractivity contribution >= 4 is 23.2 Å². The highest BCUT2D eigenvalue weighted by Gasteiger charge is 2.28.